The Morgan fingerprint density at radius 2 is 1.82 bits per heavy atom. The maximum Gasteiger partial charge on any atom is 0.416 e. The number of aromatic nitrogens is 1. The van der Waals surface area contributed by atoms with Gasteiger partial charge < -0.3 is 9.64 Å². The number of ether oxygens (including phenoxy) is 1. The van der Waals surface area contributed by atoms with Gasteiger partial charge in [0.1, 0.15) is 0 Å². The monoisotopic (exact) mass is 623 g/mol. The van der Waals surface area contributed by atoms with Crippen LogP contribution in [0.25, 0.3) is 22.2 Å². The Morgan fingerprint density at radius 3 is 2.49 bits per heavy atom. The lowest BCUT2D eigenvalue weighted by molar-refractivity contribution is -0.137. The SMILES string of the molecule is COC(=O)c1c(CN2CCC(N3CCCCC3)CC2)c(-c2cccc(C(F)(F)F)c2)nc2c(Br)cc(Cl)cc12. The molecule has 2 fully saturated rings. The number of likely N-dealkylation sites (tertiary alicyclic amines) is 2. The molecular formula is C29H30BrClF3N3O2. The number of rotatable bonds is 5. The lowest BCUT2D eigenvalue weighted by Gasteiger charge is -2.40. The molecule has 2 aliphatic heterocycles. The molecule has 5 nitrogen and oxygen atoms in total. The molecule has 0 N–H and O–H groups in total. The summed E-state index contributed by atoms with van der Waals surface area (Å²) in [7, 11) is 1.30. The van der Waals surface area contributed by atoms with Gasteiger partial charge in [0.05, 0.1) is 29.4 Å². The summed E-state index contributed by atoms with van der Waals surface area (Å²) in [5.74, 6) is -0.581. The van der Waals surface area contributed by atoms with Crippen LogP contribution in [0.4, 0.5) is 13.2 Å². The molecule has 0 atom stereocenters. The first-order valence-corrected chi connectivity index (χ1v) is 14.4. The van der Waals surface area contributed by atoms with Gasteiger partial charge in [-0.2, -0.15) is 13.2 Å². The zero-order valence-electron chi connectivity index (χ0n) is 21.7. The Hall–Kier alpha value is -2.20. The number of esters is 1. The van der Waals surface area contributed by atoms with Crippen molar-refractivity contribution < 1.29 is 22.7 Å². The van der Waals surface area contributed by atoms with Gasteiger partial charge in [-0.1, -0.05) is 30.2 Å². The van der Waals surface area contributed by atoms with E-state index in [1.54, 1.807) is 18.2 Å². The Bertz CT molecular complexity index is 1370. The van der Waals surface area contributed by atoms with Crippen LogP contribution in [0.3, 0.4) is 0 Å². The van der Waals surface area contributed by atoms with Crippen molar-refractivity contribution in [3.05, 3.63) is 62.6 Å². The molecule has 39 heavy (non-hydrogen) atoms. The van der Waals surface area contributed by atoms with Gasteiger partial charge in [0.2, 0.25) is 0 Å². The largest absolute Gasteiger partial charge is 0.465 e. The van der Waals surface area contributed by atoms with Crippen molar-refractivity contribution >= 4 is 44.4 Å². The molecule has 0 saturated carbocycles. The number of alkyl halides is 3. The highest BCUT2D eigenvalue weighted by atomic mass is 79.9. The molecule has 5 rings (SSSR count). The molecule has 2 aromatic carbocycles. The molecule has 0 amide bonds. The number of nitrogens with zero attached hydrogens (tertiary/aromatic N) is 3. The average Bonchev–Trinajstić information content (AvgIpc) is 2.93. The predicted octanol–water partition coefficient (Wildman–Crippen LogP) is 7.57. The fourth-order valence-corrected chi connectivity index (χ4v) is 6.75. The molecule has 0 spiro atoms. The van der Waals surface area contributed by atoms with Crippen LogP contribution >= 0.6 is 27.5 Å². The normalized spacial score (nSPS) is 18.0. The first kappa shape index (κ1) is 28.3. The van der Waals surface area contributed by atoms with Crippen molar-refractivity contribution in [1.82, 2.24) is 14.8 Å². The first-order chi connectivity index (χ1) is 18.7. The van der Waals surface area contributed by atoms with Crippen molar-refractivity contribution in [2.75, 3.05) is 33.3 Å². The van der Waals surface area contributed by atoms with E-state index in [-0.39, 0.29) is 11.1 Å². The number of halogens is 5. The Kier molecular flexibility index (Phi) is 8.52. The number of hydrogen-bond acceptors (Lipinski definition) is 5. The highest BCUT2D eigenvalue weighted by Crippen LogP contribution is 2.39. The third-order valence-electron chi connectivity index (χ3n) is 7.81. The fourth-order valence-electron chi connectivity index (χ4n) is 5.85. The van der Waals surface area contributed by atoms with E-state index in [1.807, 2.05) is 0 Å². The molecule has 0 radical (unpaired) electrons. The summed E-state index contributed by atoms with van der Waals surface area (Å²) < 4.78 is 46.7. The van der Waals surface area contributed by atoms with Crippen LogP contribution < -0.4 is 0 Å². The van der Waals surface area contributed by atoms with E-state index in [4.69, 9.17) is 21.3 Å². The molecule has 3 heterocycles. The number of methoxy groups -OCH3 is 1. The van der Waals surface area contributed by atoms with Crippen molar-refractivity contribution in [3.8, 4) is 11.3 Å². The second-order valence-electron chi connectivity index (χ2n) is 10.3. The molecule has 2 saturated heterocycles. The lowest BCUT2D eigenvalue weighted by atomic mass is 9.94. The second-order valence-corrected chi connectivity index (χ2v) is 11.6. The highest BCUT2D eigenvalue weighted by molar-refractivity contribution is 9.10. The number of benzene rings is 2. The average molecular weight is 625 g/mol. The minimum absolute atomic E-state index is 0.274. The van der Waals surface area contributed by atoms with E-state index >= 15 is 0 Å². The number of carbonyl (C=O) groups is 1. The third-order valence-corrected chi connectivity index (χ3v) is 8.63. The van der Waals surface area contributed by atoms with Crippen molar-refractivity contribution in [2.24, 2.45) is 0 Å². The summed E-state index contributed by atoms with van der Waals surface area (Å²) in [6.45, 7) is 4.28. The summed E-state index contributed by atoms with van der Waals surface area (Å²) in [6, 6.07) is 8.93. The minimum atomic E-state index is -4.51. The Balaban J connectivity index is 1.60. The van der Waals surface area contributed by atoms with E-state index in [2.05, 4.69) is 25.7 Å². The summed E-state index contributed by atoms with van der Waals surface area (Å²) in [5, 5.41) is 0.900. The van der Waals surface area contributed by atoms with Crippen LogP contribution in [0.2, 0.25) is 5.02 Å². The van der Waals surface area contributed by atoms with Gasteiger partial charge in [-0.3, -0.25) is 4.90 Å². The maximum absolute atomic E-state index is 13.6. The fraction of sp³-hybridized carbons (Fsp3) is 0.448. The maximum atomic E-state index is 13.6. The van der Waals surface area contributed by atoms with Gasteiger partial charge in [0.25, 0.3) is 0 Å². The molecule has 3 aromatic rings. The van der Waals surface area contributed by atoms with Gasteiger partial charge in [0.15, 0.2) is 0 Å². The van der Waals surface area contributed by atoms with Crippen molar-refractivity contribution in [1.29, 1.82) is 0 Å². The molecular weight excluding hydrogens is 595 g/mol. The summed E-state index contributed by atoms with van der Waals surface area (Å²) in [4.78, 5) is 22.9. The number of pyridine rings is 1. The predicted molar refractivity (Wildman–Crippen MR) is 150 cm³/mol. The summed E-state index contributed by atoms with van der Waals surface area (Å²) in [6.07, 6.45) is 1.27. The van der Waals surface area contributed by atoms with Crippen molar-refractivity contribution in [2.45, 2.75) is 50.9 Å². The molecule has 2 aliphatic rings. The van der Waals surface area contributed by atoms with Gasteiger partial charge in [0, 0.05) is 38.6 Å². The molecule has 10 heteroatoms. The van der Waals surface area contributed by atoms with Crippen LogP contribution in [0.1, 0.15) is 53.6 Å². The van der Waals surface area contributed by atoms with Crippen LogP contribution in [0.15, 0.2) is 40.9 Å². The molecule has 208 valence electrons. The van der Waals surface area contributed by atoms with Gasteiger partial charge >= 0.3 is 12.1 Å². The van der Waals surface area contributed by atoms with E-state index in [9.17, 15) is 18.0 Å². The van der Waals surface area contributed by atoms with E-state index < -0.39 is 17.7 Å². The van der Waals surface area contributed by atoms with E-state index in [0.29, 0.717) is 44.2 Å². The molecule has 0 unspecified atom stereocenters. The quantitative estimate of drug-likeness (QED) is 0.274. The number of piperidine rings is 2. The zero-order chi connectivity index (χ0) is 27.7. The summed E-state index contributed by atoms with van der Waals surface area (Å²) in [5.41, 5.74) is 1.09. The van der Waals surface area contributed by atoms with Crippen LogP contribution in [0, 0.1) is 0 Å². The second kappa shape index (κ2) is 11.7. The summed E-state index contributed by atoms with van der Waals surface area (Å²) >= 11 is 9.83. The first-order valence-electron chi connectivity index (χ1n) is 13.2. The topological polar surface area (TPSA) is 45.7 Å². The number of carbonyl (C=O) groups excluding carboxylic acids is 1. The Labute approximate surface area is 239 Å². The standard InChI is InChI=1S/C29H30BrClF3N3O2/c1-39-28(38)25-22-15-20(31)16-24(30)27(22)35-26(18-6-5-7-19(14-18)29(32,33)34)23(25)17-36-12-8-21(9-13-36)37-10-3-2-4-11-37/h5-7,14-16,21H,2-4,8-13,17H2,1H3. The Morgan fingerprint density at radius 1 is 1.10 bits per heavy atom. The smallest absolute Gasteiger partial charge is 0.416 e. The molecule has 0 bridgehead atoms. The lowest BCUT2D eigenvalue weighted by Crippen LogP contribution is -2.46. The van der Waals surface area contributed by atoms with Crippen molar-refractivity contribution in [3.63, 3.8) is 0 Å². The van der Waals surface area contributed by atoms with Gasteiger partial charge in [-0.25, -0.2) is 9.78 Å². The zero-order valence-corrected chi connectivity index (χ0v) is 24.0. The highest BCUT2D eigenvalue weighted by Gasteiger charge is 2.32. The number of hydrogen-bond donors (Lipinski definition) is 0. The van der Waals surface area contributed by atoms with Gasteiger partial charge in [-0.05, 0) is 92.1 Å². The van der Waals surface area contributed by atoms with Crippen LogP contribution in [-0.2, 0) is 17.5 Å². The van der Waals surface area contributed by atoms with E-state index in [1.165, 1.54) is 32.4 Å². The molecule has 0 aliphatic carbocycles. The minimum Gasteiger partial charge on any atom is -0.465 e. The molecule has 1 aromatic heterocycles. The third kappa shape index (κ3) is 6.11. The van der Waals surface area contributed by atoms with Crippen LogP contribution in [0.5, 0.6) is 0 Å². The number of fused-ring (bicyclic) bond motifs is 1. The van der Waals surface area contributed by atoms with Crippen LogP contribution in [-0.4, -0.2) is 60.1 Å². The van der Waals surface area contributed by atoms with Gasteiger partial charge in [-0.15, -0.1) is 0 Å². The van der Waals surface area contributed by atoms with E-state index in [0.717, 1.165) is 51.2 Å².